The number of para-hydroxylation sites is 1. The average molecular weight is 337 g/mol. The number of furan rings is 1. The van der Waals surface area contributed by atoms with Gasteiger partial charge >= 0.3 is 0 Å². The molecule has 0 saturated heterocycles. The zero-order chi connectivity index (χ0) is 19.1. The first-order chi connectivity index (χ1) is 13.6. The molecular weight excluding hydrogens is 318 g/mol. The van der Waals surface area contributed by atoms with Crippen LogP contribution in [0.1, 0.15) is 13.9 Å². The highest BCUT2D eigenvalue weighted by Gasteiger charge is 2.13. The van der Waals surface area contributed by atoms with Gasteiger partial charge < -0.3 is 4.42 Å². The van der Waals surface area contributed by atoms with Gasteiger partial charge in [0.2, 0.25) is 0 Å². The number of benzene rings is 3. The summed E-state index contributed by atoms with van der Waals surface area (Å²) in [7, 11) is 0. The summed E-state index contributed by atoms with van der Waals surface area (Å²) in [5.41, 5.74) is 4.54. The summed E-state index contributed by atoms with van der Waals surface area (Å²) in [6.07, 6.45) is 0.182. The molecule has 0 fully saturated rings. The first-order valence-corrected chi connectivity index (χ1v) is 8.57. The first kappa shape index (κ1) is 12.9. The summed E-state index contributed by atoms with van der Waals surface area (Å²) in [6.45, 7) is 0. The average Bonchev–Trinajstić information content (AvgIpc) is 3.13. The lowest BCUT2D eigenvalue weighted by molar-refractivity contribution is 0.669. The SMILES string of the molecule is [2H]C([2H])(c1ccccc1)c1ccc2oc3c(-c4ccccn4)cccc3c2c1. The standard InChI is InChI=1S/C24H17NO/c1-2-7-17(8-3-1)15-18-12-13-23-21(16-18)19-9-6-10-20(24(19)26-23)22-11-4-5-14-25-22/h1-14,16H,15H2/i15D2. The fourth-order valence-electron chi connectivity index (χ4n) is 3.29. The minimum atomic E-state index is -1.59. The molecule has 0 radical (unpaired) electrons. The molecule has 2 heterocycles. The molecule has 2 heteroatoms. The van der Waals surface area contributed by atoms with E-state index in [1.54, 1.807) is 12.3 Å². The predicted octanol–water partition coefficient (Wildman–Crippen LogP) is 6.24. The number of pyridine rings is 1. The van der Waals surface area contributed by atoms with Crippen LogP contribution in [0.5, 0.6) is 0 Å². The second kappa shape index (κ2) is 6.16. The second-order valence-corrected chi connectivity index (χ2v) is 6.20. The van der Waals surface area contributed by atoms with Crippen molar-refractivity contribution < 1.29 is 7.16 Å². The van der Waals surface area contributed by atoms with Gasteiger partial charge in [-0.1, -0.05) is 54.6 Å². The van der Waals surface area contributed by atoms with E-state index in [1.807, 2.05) is 78.9 Å². The van der Waals surface area contributed by atoms with Crippen LogP contribution in [-0.4, -0.2) is 4.98 Å². The molecule has 0 spiro atoms. The molecule has 124 valence electrons. The normalized spacial score (nSPS) is 12.9. The lowest BCUT2D eigenvalue weighted by atomic mass is 10.0. The molecule has 5 aromatic rings. The lowest BCUT2D eigenvalue weighted by Crippen LogP contribution is -1.86. The van der Waals surface area contributed by atoms with Gasteiger partial charge in [-0.15, -0.1) is 0 Å². The van der Waals surface area contributed by atoms with Crippen LogP contribution in [0.2, 0.25) is 0 Å². The Morgan fingerprint density at radius 2 is 1.65 bits per heavy atom. The highest BCUT2D eigenvalue weighted by Crippen LogP contribution is 2.35. The predicted molar refractivity (Wildman–Crippen MR) is 106 cm³/mol. The Balaban J connectivity index is 1.72. The van der Waals surface area contributed by atoms with Crippen LogP contribution in [0.15, 0.2) is 95.5 Å². The largest absolute Gasteiger partial charge is 0.455 e. The van der Waals surface area contributed by atoms with Crippen molar-refractivity contribution in [3.8, 4) is 11.3 Å². The molecule has 0 bridgehead atoms. The summed E-state index contributed by atoms with van der Waals surface area (Å²) in [5, 5.41) is 1.87. The third kappa shape index (κ3) is 2.56. The number of hydrogen-bond donors (Lipinski definition) is 0. The molecule has 2 aromatic heterocycles. The Morgan fingerprint density at radius 3 is 2.50 bits per heavy atom. The van der Waals surface area contributed by atoms with E-state index in [-0.39, 0.29) is 0 Å². The summed E-state index contributed by atoms with van der Waals surface area (Å²) < 4.78 is 23.4. The van der Waals surface area contributed by atoms with Crippen molar-refractivity contribution in [2.75, 3.05) is 0 Å². The fraction of sp³-hybridized carbons (Fsp3) is 0.0417. The van der Waals surface area contributed by atoms with Crippen LogP contribution in [0.4, 0.5) is 0 Å². The van der Waals surface area contributed by atoms with E-state index in [9.17, 15) is 0 Å². The number of aromatic nitrogens is 1. The van der Waals surface area contributed by atoms with Crippen molar-refractivity contribution in [2.45, 2.75) is 6.37 Å². The Hall–Kier alpha value is -3.39. The zero-order valence-corrected chi connectivity index (χ0v) is 14.0. The zero-order valence-electron chi connectivity index (χ0n) is 16.0. The van der Waals surface area contributed by atoms with Crippen LogP contribution in [0.25, 0.3) is 33.2 Å². The van der Waals surface area contributed by atoms with Gasteiger partial charge in [-0.05, 0) is 47.8 Å². The second-order valence-electron chi connectivity index (χ2n) is 6.20. The number of rotatable bonds is 3. The maximum Gasteiger partial charge on any atom is 0.144 e. The van der Waals surface area contributed by atoms with Crippen molar-refractivity contribution >= 4 is 21.9 Å². The van der Waals surface area contributed by atoms with Gasteiger partial charge in [-0.2, -0.15) is 0 Å². The summed E-state index contributed by atoms with van der Waals surface area (Å²) in [4.78, 5) is 4.45. The molecule has 5 rings (SSSR count). The van der Waals surface area contributed by atoms with E-state index in [2.05, 4.69) is 4.98 Å². The first-order valence-electron chi connectivity index (χ1n) is 9.57. The Labute approximate surface area is 154 Å². The third-order valence-electron chi connectivity index (χ3n) is 4.50. The van der Waals surface area contributed by atoms with E-state index in [0.717, 1.165) is 33.2 Å². The van der Waals surface area contributed by atoms with Gasteiger partial charge in [0.25, 0.3) is 0 Å². The highest BCUT2D eigenvalue weighted by molar-refractivity contribution is 6.09. The van der Waals surface area contributed by atoms with E-state index in [0.29, 0.717) is 11.1 Å². The summed E-state index contributed by atoms with van der Waals surface area (Å²) >= 11 is 0. The van der Waals surface area contributed by atoms with Crippen LogP contribution in [-0.2, 0) is 6.37 Å². The number of hydrogen-bond acceptors (Lipinski definition) is 2. The maximum atomic E-state index is 8.65. The molecule has 0 aliphatic rings. The Bertz CT molecular complexity index is 1280. The van der Waals surface area contributed by atoms with Crippen molar-refractivity contribution in [1.82, 2.24) is 4.98 Å². The van der Waals surface area contributed by atoms with Gasteiger partial charge in [0.05, 0.1) is 5.69 Å². The molecule has 3 aromatic carbocycles. The molecule has 0 aliphatic carbocycles. The molecule has 26 heavy (non-hydrogen) atoms. The molecular formula is C24H17NO. The van der Waals surface area contributed by atoms with E-state index < -0.39 is 6.37 Å². The molecule has 0 atom stereocenters. The Morgan fingerprint density at radius 1 is 0.769 bits per heavy atom. The topological polar surface area (TPSA) is 26.0 Å². The van der Waals surface area contributed by atoms with Gasteiger partial charge in [0, 0.05) is 25.3 Å². The lowest BCUT2D eigenvalue weighted by Gasteiger charge is -2.02. The molecule has 0 saturated carbocycles. The molecule has 0 N–H and O–H groups in total. The maximum absolute atomic E-state index is 8.65. The number of nitrogens with zero attached hydrogens (tertiary/aromatic N) is 1. The molecule has 0 unspecified atom stereocenters. The highest BCUT2D eigenvalue weighted by atomic mass is 16.3. The smallest absolute Gasteiger partial charge is 0.144 e. The van der Waals surface area contributed by atoms with Gasteiger partial charge in [-0.25, -0.2) is 0 Å². The van der Waals surface area contributed by atoms with Crippen LogP contribution >= 0.6 is 0 Å². The third-order valence-corrected chi connectivity index (χ3v) is 4.50. The van der Waals surface area contributed by atoms with E-state index in [4.69, 9.17) is 7.16 Å². The van der Waals surface area contributed by atoms with E-state index >= 15 is 0 Å². The van der Waals surface area contributed by atoms with Crippen molar-refractivity contribution in [2.24, 2.45) is 0 Å². The molecule has 2 nitrogen and oxygen atoms in total. The van der Waals surface area contributed by atoms with Crippen molar-refractivity contribution in [3.63, 3.8) is 0 Å². The summed E-state index contributed by atoms with van der Waals surface area (Å²) in [5.74, 6) is 0. The minimum Gasteiger partial charge on any atom is -0.455 e. The summed E-state index contributed by atoms with van der Waals surface area (Å²) in [6, 6.07) is 26.6. The van der Waals surface area contributed by atoms with Crippen molar-refractivity contribution in [1.29, 1.82) is 0 Å². The molecule has 0 aliphatic heterocycles. The van der Waals surface area contributed by atoms with E-state index in [1.165, 1.54) is 0 Å². The number of fused-ring (bicyclic) bond motifs is 3. The van der Waals surface area contributed by atoms with Gasteiger partial charge in [0.15, 0.2) is 0 Å². The van der Waals surface area contributed by atoms with Gasteiger partial charge in [0.1, 0.15) is 11.2 Å². The van der Waals surface area contributed by atoms with Crippen LogP contribution in [0, 0.1) is 0 Å². The monoisotopic (exact) mass is 337 g/mol. The van der Waals surface area contributed by atoms with Crippen LogP contribution < -0.4 is 0 Å². The molecule has 0 amide bonds. The van der Waals surface area contributed by atoms with Crippen molar-refractivity contribution in [3.05, 3.63) is 102 Å². The fourth-order valence-corrected chi connectivity index (χ4v) is 3.29. The van der Waals surface area contributed by atoms with Gasteiger partial charge in [-0.3, -0.25) is 4.98 Å². The quantitative estimate of drug-likeness (QED) is 0.389. The van der Waals surface area contributed by atoms with Crippen LogP contribution in [0.3, 0.4) is 0 Å². The minimum absolute atomic E-state index is 0.608. The Kier molecular flexibility index (Phi) is 3.06.